The third-order valence-corrected chi connectivity index (χ3v) is 1.95. The zero-order chi connectivity index (χ0) is 6.85. The molecule has 0 aliphatic heterocycles. The van der Waals surface area contributed by atoms with Crippen molar-refractivity contribution in [3.8, 4) is 0 Å². The van der Waals surface area contributed by atoms with Gasteiger partial charge in [0, 0.05) is 11.6 Å². The molecule has 2 unspecified atom stereocenters. The van der Waals surface area contributed by atoms with Gasteiger partial charge >= 0.3 is 0 Å². The zero-order valence-electron chi connectivity index (χ0n) is 5.85. The minimum atomic E-state index is 0.122. The fourth-order valence-electron chi connectivity index (χ4n) is 1.10. The molecule has 1 saturated carbocycles. The molecule has 2 heteroatoms. The summed E-state index contributed by atoms with van der Waals surface area (Å²) < 4.78 is 0. The molecule has 1 aliphatic carbocycles. The second-order valence-electron chi connectivity index (χ2n) is 2.73. The van der Waals surface area contributed by atoms with Crippen LogP contribution in [0, 0.1) is 11.3 Å². The Balaban J connectivity index is 2.11. The minimum absolute atomic E-state index is 0.122. The molecule has 0 radical (unpaired) electrons. The molecule has 9 heavy (non-hydrogen) atoms. The summed E-state index contributed by atoms with van der Waals surface area (Å²) in [6, 6.07) is 0.122. The molecule has 1 rings (SSSR count). The maximum absolute atomic E-state index is 7.23. The van der Waals surface area contributed by atoms with E-state index in [-0.39, 0.29) is 6.04 Å². The first-order chi connectivity index (χ1) is 4.27. The fraction of sp³-hybridized carbons (Fsp3) is 0.857. The Morgan fingerprint density at radius 2 is 2.22 bits per heavy atom. The number of unbranched alkanes of at least 4 members (excludes halogenated alkanes) is 1. The van der Waals surface area contributed by atoms with Crippen LogP contribution in [-0.4, -0.2) is 11.8 Å². The van der Waals surface area contributed by atoms with Gasteiger partial charge in [0.25, 0.3) is 0 Å². The first-order valence-electron chi connectivity index (χ1n) is 3.61. The van der Waals surface area contributed by atoms with Crippen LogP contribution in [0.4, 0.5) is 0 Å². The standard InChI is InChI=1S/C7H14N2/c1-2-3-4-5-6(8)7(5)9/h5-6,9H,2-4,8H2,1H3. The van der Waals surface area contributed by atoms with E-state index in [1.54, 1.807) is 0 Å². The van der Waals surface area contributed by atoms with Gasteiger partial charge in [0.05, 0.1) is 6.04 Å². The van der Waals surface area contributed by atoms with Crippen molar-refractivity contribution in [3.05, 3.63) is 0 Å². The first-order valence-corrected chi connectivity index (χ1v) is 3.61. The van der Waals surface area contributed by atoms with Gasteiger partial charge in [-0.05, 0) is 6.42 Å². The Kier molecular flexibility index (Phi) is 1.86. The number of hydrogen-bond acceptors (Lipinski definition) is 2. The molecule has 0 amide bonds. The van der Waals surface area contributed by atoms with E-state index in [1.807, 2.05) is 0 Å². The summed E-state index contributed by atoms with van der Waals surface area (Å²) in [4.78, 5) is 0. The predicted molar refractivity (Wildman–Crippen MR) is 38.7 cm³/mol. The third kappa shape index (κ3) is 1.30. The van der Waals surface area contributed by atoms with E-state index in [1.165, 1.54) is 12.8 Å². The molecule has 0 heterocycles. The molecule has 0 aromatic carbocycles. The maximum atomic E-state index is 7.23. The molecule has 0 spiro atoms. The van der Waals surface area contributed by atoms with Crippen molar-refractivity contribution in [1.29, 1.82) is 5.41 Å². The van der Waals surface area contributed by atoms with Gasteiger partial charge in [-0.15, -0.1) is 0 Å². The Hall–Kier alpha value is -0.370. The molecule has 0 aromatic rings. The highest BCUT2D eigenvalue weighted by Gasteiger charge is 2.40. The lowest BCUT2D eigenvalue weighted by molar-refractivity contribution is 0.651. The minimum Gasteiger partial charge on any atom is -0.322 e. The van der Waals surface area contributed by atoms with Crippen molar-refractivity contribution in [2.75, 3.05) is 0 Å². The SMILES string of the molecule is CCCCC1C(=N)C1N. The summed E-state index contributed by atoms with van der Waals surface area (Å²) in [6.45, 7) is 2.16. The maximum Gasteiger partial charge on any atom is 0.0508 e. The van der Waals surface area contributed by atoms with Crippen molar-refractivity contribution in [2.45, 2.75) is 32.2 Å². The number of nitrogens with two attached hydrogens (primary N) is 1. The van der Waals surface area contributed by atoms with Crippen LogP contribution < -0.4 is 5.73 Å². The highest BCUT2D eigenvalue weighted by Crippen LogP contribution is 2.28. The van der Waals surface area contributed by atoms with Gasteiger partial charge in [-0.3, -0.25) is 0 Å². The Morgan fingerprint density at radius 3 is 2.56 bits per heavy atom. The topological polar surface area (TPSA) is 49.9 Å². The van der Waals surface area contributed by atoms with Gasteiger partial charge < -0.3 is 11.1 Å². The number of nitrogens with one attached hydrogen (secondary N) is 1. The van der Waals surface area contributed by atoms with Crippen molar-refractivity contribution >= 4 is 5.71 Å². The van der Waals surface area contributed by atoms with E-state index in [0.717, 1.165) is 12.1 Å². The molecule has 3 N–H and O–H groups in total. The third-order valence-electron chi connectivity index (χ3n) is 1.95. The van der Waals surface area contributed by atoms with Gasteiger partial charge in [-0.1, -0.05) is 19.8 Å². The average Bonchev–Trinajstić information content (AvgIpc) is 2.39. The number of hydrogen-bond donors (Lipinski definition) is 2. The van der Waals surface area contributed by atoms with Crippen molar-refractivity contribution in [1.82, 2.24) is 0 Å². The summed E-state index contributed by atoms with van der Waals surface area (Å²) in [7, 11) is 0. The summed E-state index contributed by atoms with van der Waals surface area (Å²) in [5.41, 5.74) is 6.29. The lowest BCUT2D eigenvalue weighted by Crippen LogP contribution is -2.02. The van der Waals surface area contributed by atoms with Crippen molar-refractivity contribution in [3.63, 3.8) is 0 Å². The van der Waals surface area contributed by atoms with Gasteiger partial charge in [-0.2, -0.15) is 0 Å². The monoisotopic (exact) mass is 126 g/mol. The van der Waals surface area contributed by atoms with E-state index < -0.39 is 0 Å². The predicted octanol–water partition coefficient (Wildman–Crippen LogP) is 1.15. The average molecular weight is 126 g/mol. The second kappa shape index (κ2) is 2.48. The lowest BCUT2D eigenvalue weighted by Gasteiger charge is -1.90. The summed E-state index contributed by atoms with van der Waals surface area (Å²) in [5.74, 6) is 0.449. The van der Waals surface area contributed by atoms with Gasteiger partial charge in [0.2, 0.25) is 0 Å². The molecular weight excluding hydrogens is 112 g/mol. The highest BCUT2D eigenvalue weighted by molar-refractivity contribution is 6.05. The van der Waals surface area contributed by atoms with Gasteiger partial charge in [0.15, 0.2) is 0 Å². The molecular formula is C7H14N2. The molecule has 0 bridgehead atoms. The fourth-order valence-corrected chi connectivity index (χ4v) is 1.10. The normalized spacial score (nSPS) is 32.9. The van der Waals surface area contributed by atoms with Crippen LogP contribution in [-0.2, 0) is 0 Å². The van der Waals surface area contributed by atoms with Crippen LogP contribution in [0.3, 0.4) is 0 Å². The van der Waals surface area contributed by atoms with Crippen LogP contribution >= 0.6 is 0 Å². The van der Waals surface area contributed by atoms with Crippen LogP contribution in [0.15, 0.2) is 0 Å². The molecule has 52 valence electrons. The molecule has 2 atom stereocenters. The highest BCUT2D eigenvalue weighted by atomic mass is 14.8. The summed E-state index contributed by atoms with van der Waals surface area (Å²) in [6.07, 6.45) is 3.58. The summed E-state index contributed by atoms with van der Waals surface area (Å²) >= 11 is 0. The smallest absolute Gasteiger partial charge is 0.0508 e. The molecule has 1 aliphatic rings. The Labute approximate surface area is 55.9 Å². The van der Waals surface area contributed by atoms with E-state index in [9.17, 15) is 0 Å². The van der Waals surface area contributed by atoms with Crippen LogP contribution in [0.25, 0.3) is 0 Å². The van der Waals surface area contributed by atoms with Crippen molar-refractivity contribution < 1.29 is 0 Å². The van der Waals surface area contributed by atoms with Crippen LogP contribution in [0.5, 0.6) is 0 Å². The molecule has 0 aromatic heterocycles. The van der Waals surface area contributed by atoms with Crippen molar-refractivity contribution in [2.24, 2.45) is 11.7 Å². The van der Waals surface area contributed by atoms with E-state index in [0.29, 0.717) is 5.92 Å². The first kappa shape index (κ1) is 6.75. The van der Waals surface area contributed by atoms with Crippen LogP contribution in [0.1, 0.15) is 26.2 Å². The van der Waals surface area contributed by atoms with Crippen LogP contribution in [0.2, 0.25) is 0 Å². The van der Waals surface area contributed by atoms with E-state index in [2.05, 4.69) is 6.92 Å². The molecule has 0 saturated heterocycles. The summed E-state index contributed by atoms with van der Waals surface area (Å²) in [5, 5.41) is 7.23. The molecule has 2 nitrogen and oxygen atoms in total. The van der Waals surface area contributed by atoms with Gasteiger partial charge in [-0.25, -0.2) is 0 Å². The number of rotatable bonds is 3. The lowest BCUT2D eigenvalue weighted by atomic mass is 10.2. The van der Waals surface area contributed by atoms with Gasteiger partial charge in [0.1, 0.15) is 0 Å². The van der Waals surface area contributed by atoms with E-state index in [4.69, 9.17) is 11.1 Å². The Morgan fingerprint density at radius 1 is 1.67 bits per heavy atom. The largest absolute Gasteiger partial charge is 0.322 e. The quantitative estimate of drug-likeness (QED) is 0.585. The molecule has 1 fully saturated rings. The second-order valence-corrected chi connectivity index (χ2v) is 2.73. The van der Waals surface area contributed by atoms with E-state index >= 15 is 0 Å². The zero-order valence-corrected chi connectivity index (χ0v) is 5.85. The Bertz CT molecular complexity index is 120.